The lowest BCUT2D eigenvalue weighted by atomic mass is 9.90. The van der Waals surface area contributed by atoms with Crippen LogP contribution >= 0.6 is 0 Å². The molecule has 0 spiro atoms. The van der Waals surface area contributed by atoms with Crippen LogP contribution in [0.3, 0.4) is 0 Å². The number of rotatable bonds is 5. The molecular weight excluding hydrogens is 408 g/mol. The molecule has 0 bridgehead atoms. The van der Waals surface area contributed by atoms with Gasteiger partial charge in [-0.15, -0.1) is 5.10 Å². The lowest BCUT2D eigenvalue weighted by molar-refractivity contribution is -0.131. The number of carbonyl (C=O) groups is 2. The quantitative estimate of drug-likeness (QED) is 0.491. The Hall–Kier alpha value is -4.27. The summed E-state index contributed by atoms with van der Waals surface area (Å²) in [5.41, 5.74) is 0.238. The van der Waals surface area contributed by atoms with Gasteiger partial charge in [0.1, 0.15) is 11.3 Å². The Balaban J connectivity index is 1.45. The maximum Gasteiger partial charge on any atom is 0.325 e. The third-order valence-corrected chi connectivity index (χ3v) is 5.73. The number of hydrogen-bond acceptors (Lipinski definition) is 6. The number of nitrogens with zero attached hydrogens (tertiary/aromatic N) is 5. The summed E-state index contributed by atoms with van der Waals surface area (Å²) >= 11 is 0. The molecule has 9 nitrogen and oxygen atoms in total. The van der Waals surface area contributed by atoms with Crippen molar-refractivity contribution < 1.29 is 14.3 Å². The van der Waals surface area contributed by atoms with Crippen LogP contribution in [0.15, 0.2) is 66.7 Å². The lowest BCUT2D eigenvalue weighted by Crippen LogP contribution is -2.40. The van der Waals surface area contributed by atoms with Crippen molar-refractivity contribution in [2.24, 2.45) is 0 Å². The van der Waals surface area contributed by atoms with Crippen LogP contribution in [0, 0.1) is 0 Å². The van der Waals surface area contributed by atoms with Gasteiger partial charge in [0.15, 0.2) is 5.82 Å². The van der Waals surface area contributed by atoms with E-state index >= 15 is 0 Å². The van der Waals surface area contributed by atoms with Crippen LogP contribution < -0.4 is 10.1 Å². The molecule has 160 valence electrons. The second-order valence-electron chi connectivity index (χ2n) is 7.72. The number of carbonyl (C=O) groups excluding carboxylic acids is 2. The van der Waals surface area contributed by atoms with E-state index in [4.69, 9.17) is 4.74 Å². The van der Waals surface area contributed by atoms with Gasteiger partial charge in [0.05, 0.1) is 19.3 Å². The molecule has 1 atom stereocenters. The highest BCUT2D eigenvalue weighted by Crippen LogP contribution is 2.32. The lowest BCUT2D eigenvalue weighted by Gasteiger charge is -2.22. The SMILES string of the molecule is COc1ccc2cc([C@@]3(C)NC(=O)N(Cc4nnnn4-c4ccccc4)C3=O)ccc2c1. The highest BCUT2D eigenvalue weighted by molar-refractivity contribution is 6.07. The molecule has 3 aromatic carbocycles. The maximum absolute atomic E-state index is 13.4. The van der Waals surface area contributed by atoms with Gasteiger partial charge in [0.2, 0.25) is 0 Å². The molecule has 1 aromatic heterocycles. The molecule has 0 aliphatic carbocycles. The number of benzene rings is 3. The summed E-state index contributed by atoms with van der Waals surface area (Å²) in [5.74, 6) is 0.775. The molecule has 0 saturated carbocycles. The monoisotopic (exact) mass is 428 g/mol. The third kappa shape index (κ3) is 3.15. The Kier molecular flexibility index (Phi) is 4.58. The first-order chi connectivity index (χ1) is 15.5. The zero-order valence-corrected chi connectivity index (χ0v) is 17.5. The normalized spacial score (nSPS) is 18.2. The molecular formula is C23H20N6O3. The van der Waals surface area contributed by atoms with Crippen molar-refractivity contribution in [1.29, 1.82) is 0 Å². The molecule has 5 rings (SSSR count). The number of para-hydroxylation sites is 1. The molecule has 1 N–H and O–H groups in total. The van der Waals surface area contributed by atoms with Gasteiger partial charge >= 0.3 is 6.03 Å². The molecule has 1 aliphatic heterocycles. The van der Waals surface area contributed by atoms with E-state index in [1.165, 1.54) is 4.68 Å². The molecule has 1 fully saturated rings. The van der Waals surface area contributed by atoms with Gasteiger partial charge in [0.25, 0.3) is 5.91 Å². The van der Waals surface area contributed by atoms with Gasteiger partial charge in [0, 0.05) is 0 Å². The van der Waals surface area contributed by atoms with Gasteiger partial charge in [-0.25, -0.2) is 4.79 Å². The fourth-order valence-electron chi connectivity index (χ4n) is 3.91. The molecule has 2 heterocycles. The molecule has 32 heavy (non-hydrogen) atoms. The van der Waals surface area contributed by atoms with Crippen molar-refractivity contribution in [3.05, 3.63) is 78.1 Å². The number of nitrogens with one attached hydrogen (secondary N) is 1. The topological polar surface area (TPSA) is 102 Å². The number of hydrogen-bond donors (Lipinski definition) is 1. The Morgan fingerprint density at radius 1 is 1.00 bits per heavy atom. The minimum Gasteiger partial charge on any atom is -0.497 e. The summed E-state index contributed by atoms with van der Waals surface area (Å²) in [6, 6.07) is 20.2. The number of urea groups is 1. The van der Waals surface area contributed by atoms with E-state index in [9.17, 15) is 9.59 Å². The van der Waals surface area contributed by atoms with Crippen molar-refractivity contribution in [2.75, 3.05) is 7.11 Å². The standard InChI is InChI=1S/C23H20N6O3/c1-23(17-10-8-16-13-19(32-2)11-9-15(16)12-17)21(30)28(22(31)24-23)14-20-25-26-27-29(20)18-6-4-3-5-7-18/h3-13H,14H2,1-2H3,(H,24,31)/t23-/m1/s1. The first-order valence-electron chi connectivity index (χ1n) is 10.0. The van der Waals surface area contributed by atoms with Crippen molar-refractivity contribution in [3.63, 3.8) is 0 Å². The molecule has 9 heteroatoms. The minimum atomic E-state index is -1.20. The maximum atomic E-state index is 13.4. The number of fused-ring (bicyclic) bond motifs is 1. The zero-order chi connectivity index (χ0) is 22.3. The fourth-order valence-corrected chi connectivity index (χ4v) is 3.91. The van der Waals surface area contributed by atoms with Crippen molar-refractivity contribution in [1.82, 2.24) is 30.4 Å². The smallest absolute Gasteiger partial charge is 0.325 e. The average molecular weight is 428 g/mol. The summed E-state index contributed by atoms with van der Waals surface area (Å²) in [5, 5.41) is 16.5. The highest BCUT2D eigenvalue weighted by atomic mass is 16.5. The number of imide groups is 1. The Morgan fingerprint density at radius 2 is 1.75 bits per heavy atom. The summed E-state index contributed by atoms with van der Waals surface area (Å²) in [6.45, 7) is 1.66. The van der Waals surface area contributed by atoms with E-state index in [1.54, 1.807) is 14.0 Å². The Morgan fingerprint density at radius 3 is 2.53 bits per heavy atom. The Bertz CT molecular complexity index is 1340. The molecule has 1 aliphatic rings. The van der Waals surface area contributed by atoms with Gasteiger partial charge in [-0.05, 0) is 64.0 Å². The summed E-state index contributed by atoms with van der Waals surface area (Å²) in [7, 11) is 1.62. The number of ether oxygens (including phenoxy) is 1. The molecule has 0 unspecified atom stereocenters. The van der Waals surface area contributed by atoms with E-state index in [0.717, 1.165) is 27.1 Å². The van der Waals surface area contributed by atoms with E-state index in [-0.39, 0.29) is 12.5 Å². The van der Waals surface area contributed by atoms with E-state index < -0.39 is 11.6 Å². The number of tetrazole rings is 1. The van der Waals surface area contributed by atoms with Gasteiger partial charge in [-0.2, -0.15) is 4.68 Å². The van der Waals surface area contributed by atoms with Crippen LogP contribution in [0.25, 0.3) is 16.5 Å². The minimum absolute atomic E-state index is 0.0487. The van der Waals surface area contributed by atoms with Crippen LogP contribution in [0.4, 0.5) is 4.79 Å². The summed E-state index contributed by atoms with van der Waals surface area (Å²) in [6.07, 6.45) is 0. The third-order valence-electron chi connectivity index (χ3n) is 5.73. The van der Waals surface area contributed by atoms with Crippen LogP contribution in [-0.2, 0) is 16.9 Å². The molecule has 1 saturated heterocycles. The van der Waals surface area contributed by atoms with Crippen molar-refractivity contribution in [3.8, 4) is 11.4 Å². The number of aromatic nitrogens is 4. The van der Waals surface area contributed by atoms with E-state index in [1.807, 2.05) is 66.7 Å². The first kappa shape index (κ1) is 19.7. The van der Waals surface area contributed by atoms with Crippen LogP contribution in [0.2, 0.25) is 0 Å². The molecule has 0 radical (unpaired) electrons. The number of methoxy groups -OCH3 is 1. The first-order valence-corrected chi connectivity index (χ1v) is 10.0. The average Bonchev–Trinajstić information content (AvgIpc) is 3.37. The van der Waals surface area contributed by atoms with Crippen molar-refractivity contribution in [2.45, 2.75) is 19.0 Å². The second kappa shape index (κ2) is 7.45. The Labute approximate surface area is 183 Å². The predicted molar refractivity (Wildman–Crippen MR) is 116 cm³/mol. The summed E-state index contributed by atoms with van der Waals surface area (Å²) in [4.78, 5) is 27.3. The van der Waals surface area contributed by atoms with Crippen LogP contribution in [0.5, 0.6) is 5.75 Å². The fraction of sp³-hybridized carbons (Fsp3) is 0.174. The number of amides is 3. The van der Waals surface area contributed by atoms with Crippen molar-refractivity contribution >= 4 is 22.7 Å². The van der Waals surface area contributed by atoms with Gasteiger partial charge in [-0.1, -0.05) is 36.4 Å². The van der Waals surface area contributed by atoms with Gasteiger partial charge < -0.3 is 10.1 Å². The van der Waals surface area contributed by atoms with Gasteiger partial charge in [-0.3, -0.25) is 9.69 Å². The van der Waals surface area contributed by atoms with Crippen LogP contribution in [-0.4, -0.2) is 44.2 Å². The largest absolute Gasteiger partial charge is 0.497 e. The molecule has 3 amide bonds. The summed E-state index contributed by atoms with van der Waals surface area (Å²) < 4.78 is 6.79. The zero-order valence-electron chi connectivity index (χ0n) is 17.5. The molecule has 4 aromatic rings. The second-order valence-corrected chi connectivity index (χ2v) is 7.72. The highest BCUT2D eigenvalue weighted by Gasteiger charge is 2.49. The van der Waals surface area contributed by atoms with E-state index in [2.05, 4.69) is 20.8 Å². The van der Waals surface area contributed by atoms with E-state index in [0.29, 0.717) is 11.4 Å². The van der Waals surface area contributed by atoms with Crippen LogP contribution in [0.1, 0.15) is 18.3 Å². The predicted octanol–water partition coefficient (Wildman–Crippen LogP) is 2.79.